The standard InChI is InChI=1S/C22H22ClN3O2S/c1-14-18(12-20(27)24-13-17-10-6-7-11-19(17)23)21(28)26-22(25-14)29-15(2)16-8-4-3-5-9-16/h3-11,15H,12-13H2,1-2H3,(H,24,27)(H,25,26,28). The molecule has 29 heavy (non-hydrogen) atoms. The van der Waals surface area contributed by atoms with Gasteiger partial charge in [0.05, 0.1) is 6.42 Å². The fourth-order valence-electron chi connectivity index (χ4n) is 2.87. The second kappa shape index (κ2) is 9.76. The number of carbonyl (C=O) groups is 1. The van der Waals surface area contributed by atoms with Crippen molar-refractivity contribution in [2.45, 2.75) is 37.2 Å². The molecule has 1 unspecified atom stereocenters. The van der Waals surface area contributed by atoms with Gasteiger partial charge in [-0.2, -0.15) is 0 Å². The number of H-pyrrole nitrogens is 1. The van der Waals surface area contributed by atoms with Crippen LogP contribution in [0.4, 0.5) is 0 Å². The van der Waals surface area contributed by atoms with E-state index in [9.17, 15) is 9.59 Å². The first-order valence-electron chi connectivity index (χ1n) is 9.25. The Kier molecular flexibility index (Phi) is 7.12. The Labute approximate surface area is 178 Å². The van der Waals surface area contributed by atoms with Gasteiger partial charge in [-0.25, -0.2) is 4.98 Å². The quantitative estimate of drug-likeness (QED) is 0.431. The molecule has 0 aliphatic heterocycles. The van der Waals surface area contributed by atoms with Crippen LogP contribution >= 0.6 is 23.4 Å². The third-order valence-electron chi connectivity index (χ3n) is 4.53. The number of thioether (sulfide) groups is 1. The van der Waals surface area contributed by atoms with Gasteiger partial charge in [-0.3, -0.25) is 9.59 Å². The molecule has 3 rings (SSSR count). The van der Waals surface area contributed by atoms with E-state index in [1.807, 2.05) is 48.5 Å². The summed E-state index contributed by atoms with van der Waals surface area (Å²) >= 11 is 7.58. The minimum atomic E-state index is -0.284. The van der Waals surface area contributed by atoms with E-state index in [0.29, 0.717) is 28.0 Å². The van der Waals surface area contributed by atoms with Gasteiger partial charge in [-0.1, -0.05) is 71.9 Å². The second-order valence-corrected chi connectivity index (χ2v) is 8.39. The van der Waals surface area contributed by atoms with Crippen LogP contribution in [-0.4, -0.2) is 15.9 Å². The van der Waals surface area contributed by atoms with Gasteiger partial charge in [-0.05, 0) is 31.0 Å². The molecule has 150 valence electrons. The van der Waals surface area contributed by atoms with Crippen molar-refractivity contribution < 1.29 is 4.79 Å². The predicted molar refractivity (Wildman–Crippen MR) is 117 cm³/mol. The van der Waals surface area contributed by atoms with Gasteiger partial charge in [0.15, 0.2) is 5.16 Å². The summed E-state index contributed by atoms with van der Waals surface area (Å²) in [7, 11) is 0. The Bertz CT molecular complexity index is 1050. The average molecular weight is 428 g/mol. The van der Waals surface area contributed by atoms with Crippen LogP contribution in [-0.2, 0) is 17.8 Å². The topological polar surface area (TPSA) is 74.8 Å². The van der Waals surface area contributed by atoms with E-state index >= 15 is 0 Å². The van der Waals surface area contributed by atoms with Gasteiger partial charge in [0.25, 0.3) is 5.56 Å². The SMILES string of the molecule is Cc1nc(SC(C)c2ccccc2)[nH]c(=O)c1CC(=O)NCc1ccccc1Cl. The summed E-state index contributed by atoms with van der Waals surface area (Å²) in [5.74, 6) is -0.252. The molecule has 1 atom stereocenters. The minimum absolute atomic E-state index is 0.0300. The largest absolute Gasteiger partial charge is 0.352 e. The molecule has 1 amide bonds. The molecular weight excluding hydrogens is 406 g/mol. The first kappa shape index (κ1) is 21.1. The first-order chi connectivity index (χ1) is 13.9. The van der Waals surface area contributed by atoms with Crippen LogP contribution < -0.4 is 10.9 Å². The Hall–Kier alpha value is -2.57. The smallest absolute Gasteiger partial charge is 0.255 e. The molecule has 3 aromatic rings. The van der Waals surface area contributed by atoms with Gasteiger partial charge < -0.3 is 10.3 Å². The van der Waals surface area contributed by atoms with Gasteiger partial charge >= 0.3 is 0 Å². The van der Waals surface area contributed by atoms with Crippen LogP contribution in [0.15, 0.2) is 64.5 Å². The van der Waals surface area contributed by atoms with E-state index in [-0.39, 0.29) is 23.1 Å². The summed E-state index contributed by atoms with van der Waals surface area (Å²) in [5.41, 5.74) is 2.63. The Morgan fingerprint density at radius 1 is 1.17 bits per heavy atom. The fourth-order valence-corrected chi connectivity index (χ4v) is 4.04. The van der Waals surface area contributed by atoms with Crippen LogP contribution in [0.5, 0.6) is 0 Å². The zero-order valence-corrected chi connectivity index (χ0v) is 17.8. The molecule has 7 heteroatoms. The average Bonchev–Trinajstić information content (AvgIpc) is 2.71. The van der Waals surface area contributed by atoms with Crippen molar-refractivity contribution >= 4 is 29.3 Å². The molecule has 0 fully saturated rings. The lowest BCUT2D eigenvalue weighted by atomic mass is 10.1. The Balaban J connectivity index is 1.65. The molecule has 0 aliphatic carbocycles. The van der Waals surface area contributed by atoms with E-state index in [1.165, 1.54) is 11.8 Å². The molecule has 0 spiro atoms. The van der Waals surface area contributed by atoms with Crippen LogP contribution in [0.2, 0.25) is 5.02 Å². The molecule has 2 N–H and O–H groups in total. The van der Waals surface area contributed by atoms with Crippen molar-refractivity contribution in [2.75, 3.05) is 0 Å². The monoisotopic (exact) mass is 427 g/mol. The number of rotatable bonds is 7. The number of carbonyl (C=O) groups excluding carboxylic acids is 1. The van der Waals surface area contributed by atoms with Crippen molar-refractivity contribution in [3.05, 3.63) is 92.4 Å². The number of hydrogen-bond acceptors (Lipinski definition) is 4. The minimum Gasteiger partial charge on any atom is -0.352 e. The molecule has 0 aliphatic rings. The van der Waals surface area contributed by atoms with Crippen molar-refractivity contribution in [3.63, 3.8) is 0 Å². The number of aromatic amines is 1. The molecule has 0 saturated carbocycles. The summed E-state index contributed by atoms with van der Waals surface area (Å²) < 4.78 is 0. The normalized spacial score (nSPS) is 11.8. The number of halogens is 1. The maximum Gasteiger partial charge on any atom is 0.255 e. The molecule has 1 heterocycles. The maximum atomic E-state index is 12.5. The number of nitrogens with zero attached hydrogens (tertiary/aromatic N) is 1. The summed E-state index contributed by atoms with van der Waals surface area (Å²) in [6.07, 6.45) is -0.0300. The third-order valence-corrected chi connectivity index (χ3v) is 5.94. The molecular formula is C22H22ClN3O2S. The fraction of sp³-hybridized carbons (Fsp3) is 0.227. The molecule has 0 radical (unpaired) electrons. The number of aryl methyl sites for hydroxylation is 1. The molecule has 1 aromatic heterocycles. The van der Waals surface area contributed by atoms with Crippen LogP contribution in [0.1, 0.15) is 34.6 Å². The van der Waals surface area contributed by atoms with Gasteiger partial charge in [0.2, 0.25) is 5.91 Å². The summed E-state index contributed by atoms with van der Waals surface area (Å²) in [6, 6.07) is 17.3. The van der Waals surface area contributed by atoms with Gasteiger partial charge in [0, 0.05) is 28.1 Å². The highest BCUT2D eigenvalue weighted by atomic mass is 35.5. The molecule has 0 saturated heterocycles. The van der Waals surface area contributed by atoms with Crippen LogP contribution in [0.3, 0.4) is 0 Å². The highest BCUT2D eigenvalue weighted by molar-refractivity contribution is 7.99. The van der Waals surface area contributed by atoms with Crippen molar-refractivity contribution in [1.82, 2.24) is 15.3 Å². The van der Waals surface area contributed by atoms with Gasteiger partial charge in [-0.15, -0.1) is 0 Å². The zero-order valence-electron chi connectivity index (χ0n) is 16.2. The Morgan fingerprint density at radius 2 is 1.86 bits per heavy atom. The number of amides is 1. The molecule has 0 bridgehead atoms. The van der Waals surface area contributed by atoms with E-state index in [1.54, 1.807) is 13.0 Å². The number of hydrogen-bond donors (Lipinski definition) is 2. The van der Waals surface area contributed by atoms with Crippen molar-refractivity contribution in [2.24, 2.45) is 0 Å². The highest BCUT2D eigenvalue weighted by Crippen LogP contribution is 2.32. The zero-order chi connectivity index (χ0) is 20.8. The molecule has 2 aromatic carbocycles. The Morgan fingerprint density at radius 3 is 2.55 bits per heavy atom. The van der Waals surface area contributed by atoms with E-state index in [0.717, 1.165) is 11.1 Å². The van der Waals surface area contributed by atoms with Crippen molar-refractivity contribution in [3.8, 4) is 0 Å². The van der Waals surface area contributed by atoms with Gasteiger partial charge in [0.1, 0.15) is 0 Å². The number of benzene rings is 2. The van der Waals surface area contributed by atoms with E-state index < -0.39 is 0 Å². The first-order valence-corrected chi connectivity index (χ1v) is 10.5. The van der Waals surface area contributed by atoms with E-state index in [4.69, 9.17) is 11.6 Å². The highest BCUT2D eigenvalue weighted by Gasteiger charge is 2.15. The van der Waals surface area contributed by atoms with Crippen LogP contribution in [0, 0.1) is 6.92 Å². The lowest BCUT2D eigenvalue weighted by Gasteiger charge is -2.12. The number of aromatic nitrogens is 2. The number of nitrogens with one attached hydrogen (secondary N) is 2. The molecule has 5 nitrogen and oxygen atoms in total. The predicted octanol–water partition coefficient (Wildman–Crippen LogP) is 4.44. The lowest BCUT2D eigenvalue weighted by molar-refractivity contribution is -0.120. The third kappa shape index (κ3) is 5.71. The van der Waals surface area contributed by atoms with E-state index in [2.05, 4.69) is 22.2 Å². The lowest BCUT2D eigenvalue weighted by Crippen LogP contribution is -2.29. The second-order valence-electron chi connectivity index (χ2n) is 6.65. The summed E-state index contributed by atoms with van der Waals surface area (Å²) in [6.45, 7) is 4.12. The van der Waals surface area contributed by atoms with Crippen molar-refractivity contribution in [1.29, 1.82) is 0 Å². The maximum absolute atomic E-state index is 12.5. The van der Waals surface area contributed by atoms with Crippen LogP contribution in [0.25, 0.3) is 0 Å². The summed E-state index contributed by atoms with van der Waals surface area (Å²) in [4.78, 5) is 32.1. The summed E-state index contributed by atoms with van der Waals surface area (Å²) in [5, 5.41) is 4.08.